The molecular formula is C10H7N3S. The lowest BCUT2D eigenvalue weighted by Crippen LogP contribution is -1.79. The highest BCUT2D eigenvalue weighted by molar-refractivity contribution is 7.13. The van der Waals surface area contributed by atoms with Crippen molar-refractivity contribution in [1.29, 1.82) is 0 Å². The minimum atomic E-state index is 0.982. The van der Waals surface area contributed by atoms with Gasteiger partial charge >= 0.3 is 0 Å². The van der Waals surface area contributed by atoms with Crippen LogP contribution in [0.1, 0.15) is 0 Å². The molecule has 4 heteroatoms. The van der Waals surface area contributed by atoms with Gasteiger partial charge in [-0.15, -0.1) is 11.3 Å². The Hall–Kier alpha value is -1.68. The van der Waals surface area contributed by atoms with Crippen LogP contribution in [0.15, 0.2) is 36.2 Å². The van der Waals surface area contributed by atoms with Crippen molar-refractivity contribution in [2.45, 2.75) is 0 Å². The summed E-state index contributed by atoms with van der Waals surface area (Å²) in [6, 6.07) is 4.11. The van der Waals surface area contributed by atoms with Crippen molar-refractivity contribution in [2.75, 3.05) is 0 Å². The van der Waals surface area contributed by atoms with Gasteiger partial charge in [-0.2, -0.15) is 0 Å². The van der Waals surface area contributed by atoms with Crippen LogP contribution in [0.25, 0.3) is 21.5 Å². The maximum absolute atomic E-state index is 4.29. The summed E-state index contributed by atoms with van der Waals surface area (Å²) in [6.45, 7) is 0. The molecule has 1 N–H and O–H groups in total. The third kappa shape index (κ3) is 1.04. The van der Waals surface area contributed by atoms with Crippen molar-refractivity contribution in [3.63, 3.8) is 0 Å². The van der Waals surface area contributed by atoms with Crippen LogP contribution < -0.4 is 0 Å². The maximum Gasteiger partial charge on any atom is 0.1000 e. The first kappa shape index (κ1) is 7.70. The van der Waals surface area contributed by atoms with E-state index in [1.54, 1.807) is 23.9 Å². The van der Waals surface area contributed by atoms with Crippen LogP contribution in [0.5, 0.6) is 0 Å². The Morgan fingerprint density at radius 1 is 1.29 bits per heavy atom. The Morgan fingerprint density at radius 3 is 3.14 bits per heavy atom. The van der Waals surface area contributed by atoms with Gasteiger partial charge in [0.05, 0.1) is 23.6 Å². The zero-order valence-electron chi connectivity index (χ0n) is 7.27. The molecule has 0 radical (unpaired) electrons. The lowest BCUT2D eigenvalue weighted by molar-refractivity contribution is 1.33. The van der Waals surface area contributed by atoms with Gasteiger partial charge in [-0.25, -0.2) is 4.98 Å². The molecule has 0 saturated heterocycles. The molecule has 0 aliphatic rings. The first-order valence-electron chi connectivity index (χ1n) is 4.26. The first-order valence-corrected chi connectivity index (χ1v) is 5.14. The van der Waals surface area contributed by atoms with E-state index in [0.717, 1.165) is 16.6 Å². The van der Waals surface area contributed by atoms with Crippen LogP contribution in [0.4, 0.5) is 0 Å². The lowest BCUT2D eigenvalue weighted by Gasteiger charge is -1.96. The highest BCUT2D eigenvalue weighted by atomic mass is 32.1. The standard InChI is InChI=1S/C10H7N3S/c1-2-9(14-3-1)7-4-11-5-8-10(7)13-6-12-8/h1-6H,(H,12,13). The summed E-state index contributed by atoms with van der Waals surface area (Å²) in [4.78, 5) is 12.7. The maximum atomic E-state index is 4.29. The number of thiophene rings is 1. The van der Waals surface area contributed by atoms with Crippen molar-refractivity contribution in [3.05, 3.63) is 36.2 Å². The fourth-order valence-corrected chi connectivity index (χ4v) is 2.21. The van der Waals surface area contributed by atoms with Crippen molar-refractivity contribution in [1.82, 2.24) is 15.0 Å². The number of imidazole rings is 1. The average Bonchev–Trinajstić information content (AvgIpc) is 2.88. The van der Waals surface area contributed by atoms with E-state index in [1.807, 2.05) is 12.3 Å². The van der Waals surface area contributed by atoms with Gasteiger partial charge in [0.2, 0.25) is 0 Å². The molecule has 0 fully saturated rings. The molecule has 0 amide bonds. The number of aromatic amines is 1. The summed E-state index contributed by atoms with van der Waals surface area (Å²) in [7, 11) is 0. The van der Waals surface area contributed by atoms with Gasteiger partial charge < -0.3 is 4.98 Å². The molecule has 3 nitrogen and oxygen atoms in total. The van der Waals surface area contributed by atoms with Gasteiger partial charge in [-0.1, -0.05) is 6.07 Å². The number of rotatable bonds is 1. The van der Waals surface area contributed by atoms with Gasteiger partial charge in [0.1, 0.15) is 0 Å². The molecule has 68 valence electrons. The summed E-state index contributed by atoms with van der Waals surface area (Å²) in [5, 5.41) is 2.06. The SMILES string of the molecule is c1csc(-c2cncc3[nH]cnc23)c1. The number of hydrogen-bond acceptors (Lipinski definition) is 3. The van der Waals surface area contributed by atoms with E-state index in [9.17, 15) is 0 Å². The molecule has 0 aliphatic heterocycles. The monoisotopic (exact) mass is 201 g/mol. The smallest absolute Gasteiger partial charge is 0.1000 e. The average molecular weight is 201 g/mol. The summed E-state index contributed by atoms with van der Waals surface area (Å²) in [6.07, 6.45) is 5.35. The number of nitrogens with zero attached hydrogens (tertiary/aromatic N) is 2. The Morgan fingerprint density at radius 2 is 2.29 bits per heavy atom. The highest BCUT2D eigenvalue weighted by Crippen LogP contribution is 2.28. The second-order valence-electron chi connectivity index (χ2n) is 2.96. The number of aromatic nitrogens is 3. The number of fused-ring (bicyclic) bond motifs is 1. The zero-order chi connectivity index (χ0) is 9.38. The largest absolute Gasteiger partial charge is 0.343 e. The molecule has 0 atom stereocenters. The summed E-state index contributed by atoms with van der Waals surface area (Å²) in [5.74, 6) is 0. The summed E-state index contributed by atoms with van der Waals surface area (Å²) < 4.78 is 0. The number of H-pyrrole nitrogens is 1. The predicted octanol–water partition coefficient (Wildman–Crippen LogP) is 2.69. The number of hydrogen-bond donors (Lipinski definition) is 1. The van der Waals surface area contributed by atoms with Crippen LogP contribution in [0.3, 0.4) is 0 Å². The molecule has 0 saturated carbocycles. The van der Waals surface area contributed by atoms with Crippen LogP contribution >= 0.6 is 11.3 Å². The van der Waals surface area contributed by atoms with Crippen LogP contribution in [-0.2, 0) is 0 Å². The summed E-state index contributed by atoms with van der Waals surface area (Å²) >= 11 is 1.70. The number of pyridine rings is 1. The molecule has 3 heterocycles. The number of nitrogens with one attached hydrogen (secondary N) is 1. The fourth-order valence-electron chi connectivity index (χ4n) is 1.48. The van der Waals surface area contributed by atoms with E-state index in [1.165, 1.54) is 4.88 Å². The van der Waals surface area contributed by atoms with E-state index in [-0.39, 0.29) is 0 Å². The Bertz CT molecular complexity index is 554. The normalized spacial score (nSPS) is 10.9. The molecule has 0 unspecified atom stereocenters. The van der Waals surface area contributed by atoms with E-state index in [4.69, 9.17) is 0 Å². The van der Waals surface area contributed by atoms with Gasteiger partial charge in [-0.3, -0.25) is 4.98 Å². The zero-order valence-corrected chi connectivity index (χ0v) is 8.08. The van der Waals surface area contributed by atoms with Gasteiger partial charge in [0, 0.05) is 16.6 Å². The van der Waals surface area contributed by atoms with Crippen molar-refractivity contribution >= 4 is 22.4 Å². The third-order valence-corrected chi connectivity index (χ3v) is 3.02. The molecule has 0 aliphatic carbocycles. The molecule has 14 heavy (non-hydrogen) atoms. The minimum absolute atomic E-state index is 0.982. The quantitative estimate of drug-likeness (QED) is 0.657. The molecule has 0 bridgehead atoms. The van der Waals surface area contributed by atoms with Crippen molar-refractivity contribution < 1.29 is 0 Å². The van der Waals surface area contributed by atoms with Gasteiger partial charge in [0.15, 0.2) is 0 Å². The summed E-state index contributed by atoms with van der Waals surface area (Å²) in [5.41, 5.74) is 3.07. The van der Waals surface area contributed by atoms with E-state index in [2.05, 4.69) is 26.4 Å². The molecule has 3 aromatic heterocycles. The molecule has 0 aromatic carbocycles. The lowest BCUT2D eigenvalue weighted by atomic mass is 10.2. The van der Waals surface area contributed by atoms with Gasteiger partial charge in [-0.05, 0) is 11.4 Å². The molecular weight excluding hydrogens is 194 g/mol. The van der Waals surface area contributed by atoms with Crippen LogP contribution in [-0.4, -0.2) is 15.0 Å². The second-order valence-corrected chi connectivity index (χ2v) is 3.91. The van der Waals surface area contributed by atoms with Crippen molar-refractivity contribution in [3.8, 4) is 10.4 Å². The first-order chi connectivity index (χ1) is 6.95. The van der Waals surface area contributed by atoms with E-state index in [0.29, 0.717) is 0 Å². The highest BCUT2D eigenvalue weighted by Gasteiger charge is 2.06. The van der Waals surface area contributed by atoms with Crippen LogP contribution in [0.2, 0.25) is 0 Å². The molecule has 3 aromatic rings. The topological polar surface area (TPSA) is 41.6 Å². The van der Waals surface area contributed by atoms with Gasteiger partial charge in [0.25, 0.3) is 0 Å². The van der Waals surface area contributed by atoms with E-state index < -0.39 is 0 Å². The second kappa shape index (κ2) is 2.92. The van der Waals surface area contributed by atoms with Crippen molar-refractivity contribution in [2.24, 2.45) is 0 Å². The van der Waals surface area contributed by atoms with E-state index >= 15 is 0 Å². The van der Waals surface area contributed by atoms with Crippen LogP contribution in [0, 0.1) is 0 Å². The Labute approximate surface area is 84.5 Å². The third-order valence-electron chi connectivity index (χ3n) is 2.12. The Balaban J connectivity index is 2.36. The minimum Gasteiger partial charge on any atom is -0.343 e. The molecule has 3 rings (SSSR count). The Kier molecular flexibility index (Phi) is 1.61. The fraction of sp³-hybridized carbons (Fsp3) is 0. The molecule has 0 spiro atoms. The predicted molar refractivity (Wildman–Crippen MR) is 57.2 cm³/mol.